The highest BCUT2D eigenvalue weighted by molar-refractivity contribution is 6.31. The van der Waals surface area contributed by atoms with E-state index in [0.29, 0.717) is 27.9 Å². The van der Waals surface area contributed by atoms with Crippen molar-refractivity contribution in [2.45, 2.75) is 13.0 Å². The zero-order valence-corrected chi connectivity index (χ0v) is 17.2. The Balaban J connectivity index is 1.78. The van der Waals surface area contributed by atoms with Crippen LogP contribution in [0.2, 0.25) is 5.02 Å². The van der Waals surface area contributed by atoms with Crippen LogP contribution in [0.5, 0.6) is 5.75 Å². The molecule has 0 saturated carbocycles. The Morgan fingerprint density at radius 1 is 1.03 bits per heavy atom. The van der Waals surface area contributed by atoms with E-state index in [-0.39, 0.29) is 11.7 Å². The number of nitrogens with one attached hydrogen (secondary N) is 1. The summed E-state index contributed by atoms with van der Waals surface area (Å²) in [7, 11) is 1.55. The summed E-state index contributed by atoms with van der Waals surface area (Å²) in [6.45, 7) is 1.88. The van der Waals surface area contributed by atoms with Gasteiger partial charge >= 0.3 is 0 Å². The summed E-state index contributed by atoms with van der Waals surface area (Å²) in [4.78, 5) is 0. The molecule has 1 N–H and O–H groups in total. The molecule has 3 aromatic carbocycles. The molecule has 0 saturated heterocycles. The van der Waals surface area contributed by atoms with Gasteiger partial charge in [-0.2, -0.15) is 0 Å². The summed E-state index contributed by atoms with van der Waals surface area (Å²) in [6.07, 6.45) is 0. The summed E-state index contributed by atoms with van der Waals surface area (Å²) in [6, 6.07) is 18.7. The van der Waals surface area contributed by atoms with E-state index in [9.17, 15) is 4.39 Å². The summed E-state index contributed by atoms with van der Waals surface area (Å²) in [5.41, 5.74) is 2.63. The standard InChI is InChI=1S/C23H19ClFN3O2/c1-14-12-19(20(29-2)13-17(14)24)26-21(16-10-6-7-11-18(16)25)23-28-27-22(30-23)15-8-4-3-5-9-15/h3-13,21,26H,1-2H3/t21-/m0/s1. The lowest BCUT2D eigenvalue weighted by atomic mass is 10.1. The van der Waals surface area contributed by atoms with Gasteiger partial charge in [0.25, 0.3) is 0 Å². The molecule has 30 heavy (non-hydrogen) atoms. The third kappa shape index (κ3) is 4.00. The highest BCUT2D eigenvalue weighted by atomic mass is 35.5. The number of benzene rings is 3. The van der Waals surface area contributed by atoms with Gasteiger partial charge in [0, 0.05) is 22.2 Å². The van der Waals surface area contributed by atoms with Gasteiger partial charge in [-0.05, 0) is 36.8 Å². The van der Waals surface area contributed by atoms with Crippen LogP contribution in [0.1, 0.15) is 23.1 Å². The molecule has 4 rings (SSSR count). The second-order valence-corrected chi connectivity index (χ2v) is 7.12. The van der Waals surface area contributed by atoms with Crippen molar-refractivity contribution < 1.29 is 13.5 Å². The lowest BCUT2D eigenvalue weighted by molar-refractivity contribution is 0.415. The van der Waals surface area contributed by atoms with Crippen LogP contribution in [-0.2, 0) is 0 Å². The first-order valence-electron chi connectivity index (χ1n) is 9.30. The Bertz CT molecular complexity index is 1160. The van der Waals surface area contributed by atoms with Gasteiger partial charge in [-0.3, -0.25) is 0 Å². The lowest BCUT2D eigenvalue weighted by Crippen LogP contribution is -2.15. The van der Waals surface area contributed by atoms with Crippen molar-refractivity contribution in [2.24, 2.45) is 0 Å². The van der Waals surface area contributed by atoms with E-state index >= 15 is 0 Å². The topological polar surface area (TPSA) is 60.2 Å². The van der Waals surface area contributed by atoms with Crippen LogP contribution >= 0.6 is 11.6 Å². The van der Waals surface area contributed by atoms with E-state index in [0.717, 1.165) is 11.1 Å². The summed E-state index contributed by atoms with van der Waals surface area (Å²) in [5.74, 6) is 0.718. The molecule has 0 aliphatic rings. The van der Waals surface area contributed by atoms with Gasteiger partial charge in [-0.25, -0.2) is 4.39 Å². The Labute approximate surface area is 178 Å². The second kappa shape index (κ2) is 8.55. The van der Waals surface area contributed by atoms with Gasteiger partial charge in [0.15, 0.2) is 0 Å². The van der Waals surface area contributed by atoms with Crippen LogP contribution in [0.15, 0.2) is 71.1 Å². The SMILES string of the molecule is COc1cc(Cl)c(C)cc1N[C@H](c1nnc(-c2ccccc2)o1)c1ccccc1F. The Morgan fingerprint density at radius 2 is 1.77 bits per heavy atom. The average Bonchev–Trinajstić information content (AvgIpc) is 3.25. The predicted molar refractivity (Wildman–Crippen MR) is 114 cm³/mol. The van der Waals surface area contributed by atoms with Crippen molar-refractivity contribution in [2.75, 3.05) is 12.4 Å². The molecule has 1 heterocycles. The fourth-order valence-electron chi connectivity index (χ4n) is 3.13. The summed E-state index contributed by atoms with van der Waals surface area (Å²) >= 11 is 6.22. The maximum atomic E-state index is 14.7. The van der Waals surface area contributed by atoms with Crippen LogP contribution < -0.4 is 10.1 Å². The largest absolute Gasteiger partial charge is 0.495 e. The Morgan fingerprint density at radius 3 is 2.50 bits per heavy atom. The molecule has 0 unspecified atom stereocenters. The first kappa shape index (κ1) is 19.9. The summed E-state index contributed by atoms with van der Waals surface area (Å²) < 4.78 is 26.1. The smallest absolute Gasteiger partial charge is 0.247 e. The highest BCUT2D eigenvalue weighted by Crippen LogP contribution is 2.36. The van der Waals surface area contributed by atoms with E-state index in [1.807, 2.05) is 43.3 Å². The van der Waals surface area contributed by atoms with E-state index in [4.69, 9.17) is 20.8 Å². The second-order valence-electron chi connectivity index (χ2n) is 6.71. The molecule has 4 aromatic rings. The van der Waals surface area contributed by atoms with Crippen LogP contribution in [-0.4, -0.2) is 17.3 Å². The fourth-order valence-corrected chi connectivity index (χ4v) is 3.28. The number of ether oxygens (including phenoxy) is 1. The zero-order valence-electron chi connectivity index (χ0n) is 16.4. The van der Waals surface area contributed by atoms with E-state index in [1.165, 1.54) is 6.07 Å². The summed E-state index contributed by atoms with van der Waals surface area (Å²) in [5, 5.41) is 12.2. The van der Waals surface area contributed by atoms with Gasteiger partial charge in [-0.15, -0.1) is 10.2 Å². The molecule has 0 bridgehead atoms. The number of nitrogens with zero attached hydrogens (tertiary/aromatic N) is 2. The number of halogens is 2. The minimum absolute atomic E-state index is 0.230. The first-order chi connectivity index (χ1) is 14.6. The number of rotatable bonds is 6. The van der Waals surface area contributed by atoms with Crippen molar-refractivity contribution in [1.82, 2.24) is 10.2 Å². The van der Waals surface area contributed by atoms with Crippen LogP contribution in [0.3, 0.4) is 0 Å². The van der Waals surface area contributed by atoms with E-state index in [2.05, 4.69) is 15.5 Å². The monoisotopic (exact) mass is 423 g/mol. The molecule has 152 valence electrons. The van der Waals surface area contributed by atoms with Gasteiger partial charge in [0.2, 0.25) is 11.8 Å². The number of hydrogen-bond acceptors (Lipinski definition) is 5. The molecule has 1 aromatic heterocycles. The van der Waals surface area contributed by atoms with Crippen LogP contribution in [0, 0.1) is 12.7 Å². The Hall–Kier alpha value is -3.38. The number of aryl methyl sites for hydroxylation is 1. The van der Waals surface area contributed by atoms with Gasteiger partial charge in [-0.1, -0.05) is 48.0 Å². The van der Waals surface area contributed by atoms with Crippen LogP contribution in [0.4, 0.5) is 10.1 Å². The number of anilines is 1. The zero-order chi connectivity index (χ0) is 21.1. The van der Waals surface area contributed by atoms with Crippen molar-refractivity contribution in [3.05, 3.63) is 94.6 Å². The number of aromatic nitrogens is 2. The van der Waals surface area contributed by atoms with E-state index < -0.39 is 6.04 Å². The normalized spacial score (nSPS) is 11.9. The molecule has 0 spiro atoms. The average molecular weight is 424 g/mol. The quantitative estimate of drug-likeness (QED) is 0.409. The third-order valence-electron chi connectivity index (χ3n) is 4.71. The van der Waals surface area contributed by atoms with E-state index in [1.54, 1.807) is 31.4 Å². The molecule has 0 fully saturated rings. The number of hydrogen-bond donors (Lipinski definition) is 1. The predicted octanol–water partition coefficient (Wildman–Crippen LogP) is 6.05. The lowest BCUT2D eigenvalue weighted by Gasteiger charge is -2.20. The van der Waals surface area contributed by atoms with Crippen molar-refractivity contribution in [3.8, 4) is 17.2 Å². The molecule has 0 aliphatic heterocycles. The molecular formula is C23H19ClFN3O2. The minimum atomic E-state index is -0.731. The molecule has 0 aliphatic carbocycles. The Kier molecular flexibility index (Phi) is 5.68. The fraction of sp³-hybridized carbons (Fsp3) is 0.130. The first-order valence-corrected chi connectivity index (χ1v) is 9.68. The third-order valence-corrected chi connectivity index (χ3v) is 5.11. The maximum absolute atomic E-state index is 14.7. The van der Waals surface area contributed by atoms with Crippen molar-refractivity contribution >= 4 is 17.3 Å². The minimum Gasteiger partial charge on any atom is -0.495 e. The molecule has 0 amide bonds. The molecule has 0 radical (unpaired) electrons. The van der Waals surface area contributed by atoms with Gasteiger partial charge in [0.05, 0.1) is 12.8 Å². The molecule has 7 heteroatoms. The van der Waals surface area contributed by atoms with Crippen LogP contribution in [0.25, 0.3) is 11.5 Å². The molecule has 5 nitrogen and oxygen atoms in total. The molecule has 1 atom stereocenters. The maximum Gasteiger partial charge on any atom is 0.247 e. The number of methoxy groups -OCH3 is 1. The van der Waals surface area contributed by atoms with Gasteiger partial charge < -0.3 is 14.5 Å². The van der Waals surface area contributed by atoms with Gasteiger partial charge in [0.1, 0.15) is 17.6 Å². The van der Waals surface area contributed by atoms with Crippen molar-refractivity contribution in [3.63, 3.8) is 0 Å². The van der Waals surface area contributed by atoms with Crippen molar-refractivity contribution in [1.29, 1.82) is 0 Å². The highest BCUT2D eigenvalue weighted by Gasteiger charge is 2.25. The molecular weight excluding hydrogens is 405 g/mol.